The van der Waals surface area contributed by atoms with Crippen LogP contribution in [0.1, 0.15) is 72.9 Å². The van der Waals surface area contributed by atoms with Gasteiger partial charge in [0.1, 0.15) is 0 Å². The van der Waals surface area contributed by atoms with Gasteiger partial charge in [0, 0.05) is 40.9 Å². The molecule has 2 heterocycles. The van der Waals surface area contributed by atoms with Crippen LogP contribution >= 0.6 is 0 Å². The number of nitrogens with two attached hydrogens (primary N) is 1. The second-order valence-corrected chi connectivity index (χ2v) is 12.0. The molecular weight excluding hydrogens is 440 g/mol. The Kier molecular flexibility index (Phi) is 7.07. The van der Waals surface area contributed by atoms with Gasteiger partial charge >= 0.3 is 0 Å². The number of aryl methyl sites for hydroxylation is 1. The number of hydrogen-bond acceptors (Lipinski definition) is 6. The van der Waals surface area contributed by atoms with E-state index < -0.39 is 16.1 Å². The quantitative estimate of drug-likeness (QED) is 0.527. The zero-order valence-electron chi connectivity index (χ0n) is 20.3. The molecule has 0 bridgehead atoms. The number of ketones is 1. The summed E-state index contributed by atoms with van der Waals surface area (Å²) in [6.07, 6.45) is 4.37. The summed E-state index contributed by atoms with van der Waals surface area (Å²) in [7, 11) is -3.57. The van der Waals surface area contributed by atoms with Gasteiger partial charge in [0.2, 0.25) is 10.0 Å². The fraction of sp³-hybridized carbons (Fsp3) is 0.583. The number of carbonyl (C=O) groups is 1. The molecule has 9 heteroatoms. The Morgan fingerprint density at radius 2 is 1.94 bits per heavy atom. The lowest BCUT2D eigenvalue weighted by molar-refractivity contribution is 0.103. The minimum absolute atomic E-state index is 0.0826. The molecular formula is C24H36N4O4S. The van der Waals surface area contributed by atoms with Gasteiger partial charge < -0.3 is 15.0 Å². The minimum atomic E-state index is -3.57. The topological polar surface area (TPSA) is 127 Å². The van der Waals surface area contributed by atoms with E-state index in [1.807, 2.05) is 27.0 Å². The molecule has 0 aliphatic heterocycles. The number of hydrogen-bond donors (Lipinski definition) is 3. The van der Waals surface area contributed by atoms with E-state index in [-0.39, 0.29) is 29.0 Å². The normalized spacial score (nSPS) is 21.4. The van der Waals surface area contributed by atoms with Gasteiger partial charge in [0.25, 0.3) is 0 Å². The smallest absolute Gasteiger partial charge is 0.209 e. The van der Waals surface area contributed by atoms with E-state index in [9.17, 15) is 18.3 Å². The van der Waals surface area contributed by atoms with Gasteiger partial charge in [0.15, 0.2) is 5.78 Å². The summed E-state index contributed by atoms with van der Waals surface area (Å²) in [6, 6.07) is 1.70. The first kappa shape index (κ1) is 25.4. The summed E-state index contributed by atoms with van der Waals surface area (Å²) in [5.74, 6) is -0.396. The van der Waals surface area contributed by atoms with Gasteiger partial charge in [-0.2, -0.15) is 0 Å². The van der Waals surface area contributed by atoms with Crippen molar-refractivity contribution < 1.29 is 18.3 Å². The number of carbonyl (C=O) groups excluding carboxylic acids is 1. The van der Waals surface area contributed by atoms with Gasteiger partial charge in [-0.3, -0.25) is 9.78 Å². The van der Waals surface area contributed by atoms with Crippen molar-refractivity contribution in [1.82, 2.24) is 9.55 Å². The molecule has 0 aromatic carbocycles. The van der Waals surface area contributed by atoms with E-state index >= 15 is 0 Å². The Hall–Kier alpha value is -2.23. The monoisotopic (exact) mass is 476 g/mol. The molecule has 0 amide bonds. The van der Waals surface area contributed by atoms with Crippen LogP contribution in [-0.2, 0) is 15.6 Å². The molecule has 1 aliphatic carbocycles. The van der Waals surface area contributed by atoms with Crippen LogP contribution in [0.15, 0.2) is 18.5 Å². The van der Waals surface area contributed by atoms with Crippen LogP contribution in [0.2, 0.25) is 0 Å². The number of rotatable bonds is 7. The first-order valence-corrected chi connectivity index (χ1v) is 13.0. The number of nitrogens with one attached hydrogen (secondary N) is 1. The van der Waals surface area contributed by atoms with Crippen LogP contribution < -0.4 is 10.5 Å². The third-order valence-electron chi connectivity index (χ3n) is 6.69. The largest absolute Gasteiger partial charge is 0.393 e. The lowest BCUT2D eigenvalue weighted by Crippen LogP contribution is -2.22. The summed E-state index contributed by atoms with van der Waals surface area (Å²) in [4.78, 5) is 18.1. The average molecular weight is 477 g/mol. The van der Waals surface area contributed by atoms with Crippen molar-refractivity contribution >= 4 is 21.5 Å². The highest BCUT2D eigenvalue weighted by atomic mass is 32.2. The highest BCUT2D eigenvalue weighted by molar-refractivity contribution is 7.89. The molecule has 0 spiro atoms. The van der Waals surface area contributed by atoms with Crippen LogP contribution in [-0.4, -0.2) is 46.8 Å². The summed E-state index contributed by atoms with van der Waals surface area (Å²) in [5, 5.41) is 19.0. The van der Waals surface area contributed by atoms with Crippen molar-refractivity contribution in [1.29, 1.82) is 0 Å². The minimum Gasteiger partial charge on any atom is -0.393 e. The average Bonchev–Trinajstić information content (AvgIpc) is 3.18. The molecule has 3 atom stereocenters. The number of sulfonamides is 1. The van der Waals surface area contributed by atoms with Crippen molar-refractivity contribution in [3.8, 4) is 0 Å². The molecule has 3 rings (SSSR count). The molecule has 2 aromatic rings. The summed E-state index contributed by atoms with van der Waals surface area (Å²) in [6.45, 7) is 12.1. The molecule has 0 saturated heterocycles. The molecule has 8 nitrogen and oxygen atoms in total. The lowest BCUT2D eigenvalue weighted by atomic mass is 9.99. The Morgan fingerprint density at radius 3 is 2.52 bits per heavy atom. The highest BCUT2D eigenvalue weighted by Gasteiger charge is 2.34. The van der Waals surface area contributed by atoms with Crippen molar-refractivity contribution in [2.45, 2.75) is 78.5 Å². The maximum atomic E-state index is 13.7. The number of aliphatic hydroxyl groups is 1. The summed E-state index contributed by atoms with van der Waals surface area (Å²) < 4.78 is 24.7. The third kappa shape index (κ3) is 5.65. The fourth-order valence-electron chi connectivity index (χ4n) is 4.80. The lowest BCUT2D eigenvalue weighted by Gasteiger charge is -2.23. The number of nitrogens with zero attached hydrogens (tertiary/aromatic N) is 2. The number of anilines is 1. The van der Waals surface area contributed by atoms with E-state index in [4.69, 9.17) is 5.14 Å². The SMILES string of the molecule is Cc1nccc(N[C@@H]2C[C@H](CCS(N)(=O)=O)[C@@H](O)C2)c1C(=O)c1cn(C(C)(C)C)c(C)c1C. The van der Waals surface area contributed by atoms with Crippen molar-refractivity contribution in [3.05, 3.63) is 46.5 Å². The van der Waals surface area contributed by atoms with Gasteiger partial charge in [-0.1, -0.05) is 0 Å². The Labute approximate surface area is 196 Å². The van der Waals surface area contributed by atoms with Crippen molar-refractivity contribution in [3.63, 3.8) is 0 Å². The van der Waals surface area contributed by atoms with E-state index in [1.54, 1.807) is 12.3 Å². The van der Waals surface area contributed by atoms with E-state index in [0.29, 0.717) is 41.8 Å². The second-order valence-electron chi connectivity index (χ2n) is 10.2. The van der Waals surface area contributed by atoms with Gasteiger partial charge in [0.05, 0.1) is 23.1 Å². The van der Waals surface area contributed by atoms with Crippen LogP contribution in [0, 0.1) is 26.7 Å². The fourth-order valence-corrected chi connectivity index (χ4v) is 5.43. The molecule has 33 heavy (non-hydrogen) atoms. The van der Waals surface area contributed by atoms with E-state index in [1.165, 1.54) is 0 Å². The Bertz CT molecular complexity index is 1150. The maximum absolute atomic E-state index is 13.7. The van der Waals surface area contributed by atoms with Gasteiger partial charge in [-0.25, -0.2) is 13.6 Å². The predicted molar refractivity (Wildman–Crippen MR) is 130 cm³/mol. The number of aliphatic hydroxyl groups excluding tert-OH is 1. The van der Waals surface area contributed by atoms with Crippen LogP contribution in [0.5, 0.6) is 0 Å². The first-order valence-electron chi connectivity index (χ1n) is 11.3. The number of primary sulfonamides is 1. The van der Waals surface area contributed by atoms with E-state index in [2.05, 4.69) is 35.6 Å². The van der Waals surface area contributed by atoms with E-state index in [0.717, 1.165) is 11.3 Å². The molecule has 182 valence electrons. The Balaban J connectivity index is 1.87. The van der Waals surface area contributed by atoms with Crippen molar-refractivity contribution in [2.24, 2.45) is 11.1 Å². The third-order valence-corrected chi connectivity index (χ3v) is 7.50. The predicted octanol–water partition coefficient (Wildman–Crippen LogP) is 3.02. The maximum Gasteiger partial charge on any atom is 0.209 e. The molecule has 1 fully saturated rings. The number of pyridine rings is 1. The Morgan fingerprint density at radius 1 is 1.27 bits per heavy atom. The van der Waals surface area contributed by atoms with Crippen LogP contribution in [0.25, 0.3) is 0 Å². The van der Waals surface area contributed by atoms with Gasteiger partial charge in [-0.15, -0.1) is 0 Å². The zero-order chi connectivity index (χ0) is 24.7. The number of aromatic nitrogens is 2. The molecule has 1 aliphatic rings. The standard InChI is InChI=1S/C24H36N4O4S/c1-14-16(3)28(24(4,5)6)13-19(14)23(30)22-15(2)26-9-7-20(22)27-18-11-17(21(29)12-18)8-10-33(25,31)32/h7,9,13,17-18,21,29H,8,10-12H2,1-6H3,(H,26,27)(H2,25,31,32)/t17-,18+,21-/m0/s1. The molecule has 0 unspecified atom stereocenters. The summed E-state index contributed by atoms with van der Waals surface area (Å²) in [5.41, 5.74) is 4.34. The zero-order valence-corrected chi connectivity index (χ0v) is 21.2. The van der Waals surface area contributed by atoms with Crippen LogP contribution in [0.4, 0.5) is 5.69 Å². The summed E-state index contributed by atoms with van der Waals surface area (Å²) >= 11 is 0. The van der Waals surface area contributed by atoms with Crippen molar-refractivity contribution in [2.75, 3.05) is 11.1 Å². The van der Waals surface area contributed by atoms with Gasteiger partial charge in [-0.05, 0) is 78.4 Å². The molecule has 1 saturated carbocycles. The molecule has 2 aromatic heterocycles. The molecule has 0 radical (unpaired) electrons. The van der Waals surface area contributed by atoms with Crippen LogP contribution in [0.3, 0.4) is 0 Å². The highest BCUT2D eigenvalue weighted by Crippen LogP contribution is 2.34. The second kappa shape index (κ2) is 9.19. The first-order chi connectivity index (χ1) is 15.2. The molecule has 4 N–H and O–H groups in total.